The van der Waals surface area contributed by atoms with Crippen LogP contribution in [0.4, 0.5) is 0 Å². The first kappa shape index (κ1) is 26.6. The van der Waals surface area contributed by atoms with Gasteiger partial charge in [0.25, 0.3) is 0 Å². The van der Waals surface area contributed by atoms with Gasteiger partial charge in [-0.05, 0) is 18.6 Å². The first-order valence-corrected chi connectivity index (χ1v) is 12.2. The molecule has 0 fully saturated rings. The number of unbranched alkanes of at least 4 members (excludes halogenated alkanes) is 13. The van der Waals surface area contributed by atoms with Crippen LogP contribution in [0, 0.1) is 0 Å². The van der Waals surface area contributed by atoms with Crippen LogP contribution in [0.5, 0.6) is 5.75 Å². The maximum atomic E-state index is 11.9. The SMILES string of the molecule is CCCCCCCCCCCCCCCCS(=O)(=O)Oc1ccccc1.[LiH]. The molecule has 5 heteroatoms. The van der Waals surface area contributed by atoms with Crippen molar-refractivity contribution < 1.29 is 12.6 Å². The Morgan fingerprint density at radius 1 is 0.667 bits per heavy atom. The third-order valence-electron chi connectivity index (χ3n) is 4.71. The first-order valence-electron chi connectivity index (χ1n) is 10.6. The van der Waals surface area contributed by atoms with Crippen LogP contribution in [-0.2, 0) is 10.1 Å². The molecule has 0 saturated heterocycles. The van der Waals surface area contributed by atoms with Crippen molar-refractivity contribution in [3.63, 3.8) is 0 Å². The summed E-state index contributed by atoms with van der Waals surface area (Å²) in [5.74, 6) is 0.512. The molecule has 0 heterocycles. The summed E-state index contributed by atoms with van der Waals surface area (Å²) in [6, 6.07) is 8.73. The zero-order chi connectivity index (χ0) is 18.9. The van der Waals surface area contributed by atoms with Crippen LogP contribution in [0.3, 0.4) is 0 Å². The molecule has 1 aromatic rings. The Bertz CT molecular complexity index is 532. The molecule has 0 saturated carbocycles. The standard InChI is InChI=1S/C22H38O3S.Li.H/c1-2-3-4-5-6-7-8-9-10-11-12-13-14-18-21-26(23,24)25-22-19-16-15-17-20-22;;/h15-17,19-20H,2-14,18,21H2,1H3;;. The maximum absolute atomic E-state index is 11.9. The van der Waals surface area contributed by atoms with Gasteiger partial charge < -0.3 is 4.18 Å². The van der Waals surface area contributed by atoms with E-state index in [0.29, 0.717) is 12.2 Å². The molecule has 0 aliphatic heterocycles. The molecule has 152 valence electrons. The summed E-state index contributed by atoms with van der Waals surface area (Å²) in [5, 5.41) is 0. The van der Waals surface area contributed by atoms with Gasteiger partial charge in [-0.2, -0.15) is 8.42 Å². The first-order chi connectivity index (χ1) is 12.6. The molecule has 0 aliphatic rings. The van der Waals surface area contributed by atoms with E-state index >= 15 is 0 Å². The number of hydrogen-bond acceptors (Lipinski definition) is 3. The number of hydrogen-bond donors (Lipinski definition) is 0. The van der Waals surface area contributed by atoms with E-state index in [9.17, 15) is 8.42 Å². The molecule has 3 nitrogen and oxygen atoms in total. The molecule has 0 aromatic heterocycles. The molecule has 0 N–H and O–H groups in total. The normalized spacial score (nSPS) is 11.1. The Labute approximate surface area is 180 Å². The third kappa shape index (κ3) is 16.2. The van der Waals surface area contributed by atoms with Crippen molar-refractivity contribution in [2.75, 3.05) is 5.75 Å². The summed E-state index contributed by atoms with van der Waals surface area (Å²) in [5.41, 5.74) is 0. The van der Waals surface area contributed by atoms with Crippen molar-refractivity contribution in [1.29, 1.82) is 0 Å². The zero-order valence-corrected chi connectivity index (χ0v) is 17.4. The Kier molecular flexibility index (Phi) is 17.4. The van der Waals surface area contributed by atoms with E-state index in [-0.39, 0.29) is 24.6 Å². The van der Waals surface area contributed by atoms with E-state index in [1.807, 2.05) is 6.07 Å². The fourth-order valence-corrected chi connectivity index (χ4v) is 4.18. The van der Waals surface area contributed by atoms with Gasteiger partial charge in [0.15, 0.2) is 0 Å². The minimum absolute atomic E-state index is 0. The Morgan fingerprint density at radius 3 is 1.52 bits per heavy atom. The summed E-state index contributed by atoms with van der Waals surface area (Å²) in [4.78, 5) is 0. The summed E-state index contributed by atoms with van der Waals surface area (Å²) < 4.78 is 28.9. The number of rotatable bonds is 17. The second kappa shape index (κ2) is 17.7. The van der Waals surface area contributed by atoms with Crippen molar-refractivity contribution in [1.82, 2.24) is 0 Å². The van der Waals surface area contributed by atoms with E-state index in [1.54, 1.807) is 24.3 Å². The molecule has 0 unspecified atom stereocenters. The molecule has 0 amide bonds. The van der Waals surface area contributed by atoms with Crippen molar-refractivity contribution in [3.05, 3.63) is 30.3 Å². The second-order valence-electron chi connectivity index (χ2n) is 7.25. The van der Waals surface area contributed by atoms with Gasteiger partial charge in [0.2, 0.25) is 0 Å². The summed E-state index contributed by atoms with van der Waals surface area (Å²) >= 11 is 0. The van der Waals surface area contributed by atoms with Crippen molar-refractivity contribution >= 4 is 29.0 Å². The third-order valence-corrected chi connectivity index (χ3v) is 5.95. The number of para-hydroxylation sites is 1. The van der Waals surface area contributed by atoms with Gasteiger partial charge in [-0.25, -0.2) is 0 Å². The predicted molar refractivity (Wildman–Crippen MR) is 118 cm³/mol. The van der Waals surface area contributed by atoms with Crippen LogP contribution < -0.4 is 4.18 Å². The van der Waals surface area contributed by atoms with Gasteiger partial charge in [0.05, 0.1) is 5.75 Å². The van der Waals surface area contributed by atoms with Gasteiger partial charge in [-0.15, -0.1) is 0 Å². The molecule has 0 atom stereocenters. The van der Waals surface area contributed by atoms with Crippen LogP contribution >= 0.6 is 0 Å². The van der Waals surface area contributed by atoms with E-state index in [0.717, 1.165) is 12.8 Å². The Hall–Kier alpha value is -0.433. The fourth-order valence-electron chi connectivity index (χ4n) is 3.14. The van der Waals surface area contributed by atoms with Crippen LogP contribution in [0.25, 0.3) is 0 Å². The van der Waals surface area contributed by atoms with Gasteiger partial charge in [0.1, 0.15) is 5.75 Å². The molecule has 0 aliphatic carbocycles. The van der Waals surface area contributed by atoms with Crippen LogP contribution in [0.2, 0.25) is 0 Å². The fraction of sp³-hybridized carbons (Fsp3) is 0.727. The molecule has 1 rings (SSSR count). The minimum atomic E-state index is -3.45. The van der Waals surface area contributed by atoms with E-state index in [4.69, 9.17) is 4.18 Å². The topological polar surface area (TPSA) is 43.4 Å². The summed E-state index contributed by atoms with van der Waals surface area (Å²) in [7, 11) is -3.45. The van der Waals surface area contributed by atoms with Crippen LogP contribution in [0.1, 0.15) is 96.8 Å². The zero-order valence-electron chi connectivity index (χ0n) is 16.6. The quantitative estimate of drug-likeness (QED) is 0.180. The Morgan fingerprint density at radius 2 is 1.07 bits per heavy atom. The average Bonchev–Trinajstić information content (AvgIpc) is 2.62. The molecule has 0 bridgehead atoms. The molecule has 0 spiro atoms. The van der Waals surface area contributed by atoms with Crippen LogP contribution in [-0.4, -0.2) is 33.0 Å². The molecule has 1 aromatic carbocycles. The predicted octanol–water partition coefficient (Wildman–Crippen LogP) is 6.23. The molecule has 0 radical (unpaired) electrons. The molecular weight excluding hydrogens is 351 g/mol. The van der Waals surface area contributed by atoms with E-state index in [1.165, 1.54) is 70.6 Å². The van der Waals surface area contributed by atoms with E-state index < -0.39 is 10.1 Å². The van der Waals surface area contributed by atoms with Gasteiger partial charge in [-0.3, -0.25) is 0 Å². The van der Waals surface area contributed by atoms with Gasteiger partial charge in [0, 0.05) is 0 Å². The van der Waals surface area contributed by atoms with Crippen molar-refractivity contribution in [2.24, 2.45) is 0 Å². The van der Waals surface area contributed by atoms with Crippen molar-refractivity contribution in [3.8, 4) is 5.75 Å². The molecular formula is C22H39LiO3S. The van der Waals surface area contributed by atoms with Gasteiger partial charge >= 0.3 is 29.0 Å². The summed E-state index contributed by atoms with van der Waals surface area (Å²) in [6.45, 7) is 2.26. The average molecular weight is 391 g/mol. The van der Waals surface area contributed by atoms with Gasteiger partial charge in [-0.1, -0.05) is 109 Å². The second-order valence-corrected chi connectivity index (χ2v) is 8.94. The van der Waals surface area contributed by atoms with Crippen LogP contribution in [0.15, 0.2) is 30.3 Å². The number of benzene rings is 1. The monoisotopic (exact) mass is 390 g/mol. The van der Waals surface area contributed by atoms with E-state index in [2.05, 4.69) is 6.92 Å². The van der Waals surface area contributed by atoms with Crippen molar-refractivity contribution in [2.45, 2.75) is 96.8 Å². The summed E-state index contributed by atoms with van der Waals surface area (Å²) in [6.07, 6.45) is 17.7. The molecule has 27 heavy (non-hydrogen) atoms. The Balaban J connectivity index is 0.00000676.